The maximum absolute atomic E-state index is 14.1. The molecule has 1 unspecified atom stereocenters. The normalized spacial score (nSPS) is 15.9. The van der Waals surface area contributed by atoms with Gasteiger partial charge in [0.25, 0.3) is 5.91 Å². The molecule has 1 atom stereocenters. The van der Waals surface area contributed by atoms with Crippen molar-refractivity contribution in [2.75, 3.05) is 6.54 Å². The lowest BCUT2D eigenvalue weighted by atomic mass is 9.88. The molecule has 6 nitrogen and oxygen atoms in total. The largest absolute Gasteiger partial charge is 0.355 e. The summed E-state index contributed by atoms with van der Waals surface area (Å²) in [5.74, 6) is -1.68. The van der Waals surface area contributed by atoms with Crippen LogP contribution in [0.1, 0.15) is 38.1 Å². The van der Waals surface area contributed by atoms with Crippen LogP contribution >= 0.6 is 11.3 Å². The van der Waals surface area contributed by atoms with Crippen molar-refractivity contribution in [3.05, 3.63) is 80.9 Å². The van der Waals surface area contributed by atoms with E-state index in [1.807, 2.05) is 30.2 Å². The number of fused-ring (bicyclic) bond motifs is 1. The molecule has 0 saturated carbocycles. The first-order valence-electron chi connectivity index (χ1n) is 9.68. The topological polar surface area (TPSA) is 64.2 Å². The molecule has 0 bridgehead atoms. The van der Waals surface area contributed by atoms with Gasteiger partial charge >= 0.3 is 0 Å². The molecule has 4 heterocycles. The van der Waals surface area contributed by atoms with E-state index in [1.165, 1.54) is 17.7 Å². The van der Waals surface area contributed by atoms with Crippen LogP contribution in [0.15, 0.2) is 46.4 Å². The Morgan fingerprint density at radius 2 is 2.06 bits per heavy atom. The Morgan fingerprint density at radius 1 is 1.23 bits per heavy atom. The third kappa shape index (κ3) is 3.34. The zero-order valence-corrected chi connectivity index (χ0v) is 17.6. The molecule has 0 aliphatic carbocycles. The summed E-state index contributed by atoms with van der Waals surface area (Å²) in [6.45, 7) is 2.95. The second-order valence-corrected chi connectivity index (χ2v) is 8.55. The number of aryl methyl sites for hydroxylation is 1. The van der Waals surface area contributed by atoms with Gasteiger partial charge in [-0.15, -0.1) is 11.3 Å². The van der Waals surface area contributed by atoms with E-state index in [4.69, 9.17) is 4.52 Å². The quantitative estimate of drug-likeness (QED) is 0.470. The average molecular weight is 440 g/mol. The molecule has 31 heavy (non-hydrogen) atoms. The van der Waals surface area contributed by atoms with Gasteiger partial charge in [0.05, 0.1) is 18.3 Å². The van der Waals surface area contributed by atoms with Crippen molar-refractivity contribution >= 4 is 17.2 Å². The van der Waals surface area contributed by atoms with Crippen LogP contribution in [0.2, 0.25) is 0 Å². The number of benzene rings is 1. The number of amides is 1. The van der Waals surface area contributed by atoms with Gasteiger partial charge in [-0.25, -0.2) is 8.78 Å². The summed E-state index contributed by atoms with van der Waals surface area (Å²) in [7, 11) is 1.89. The summed E-state index contributed by atoms with van der Waals surface area (Å²) in [5.41, 5.74) is 3.47. The van der Waals surface area contributed by atoms with Crippen LogP contribution in [0.25, 0.3) is 11.3 Å². The Labute approximate surface area is 180 Å². The van der Waals surface area contributed by atoms with Gasteiger partial charge in [-0.1, -0.05) is 5.16 Å². The summed E-state index contributed by atoms with van der Waals surface area (Å²) in [4.78, 5) is 16.0. The molecule has 0 radical (unpaired) electrons. The SMILES string of the molecule is Cc1c(C2CN(C(=O)c3cc(-c4ccc(F)cc4F)on3)Cc3sccc32)cnn1C. The number of halogens is 2. The number of hydrogen-bond donors (Lipinski definition) is 0. The minimum absolute atomic E-state index is 0.00793. The smallest absolute Gasteiger partial charge is 0.276 e. The Bertz CT molecular complexity index is 1290. The highest BCUT2D eigenvalue weighted by Crippen LogP contribution is 2.38. The van der Waals surface area contributed by atoms with Gasteiger partial charge in [0.15, 0.2) is 11.5 Å². The lowest BCUT2D eigenvalue weighted by Gasteiger charge is -2.32. The Balaban J connectivity index is 1.45. The highest BCUT2D eigenvalue weighted by molar-refractivity contribution is 7.10. The van der Waals surface area contributed by atoms with Crippen LogP contribution in [0.4, 0.5) is 8.78 Å². The number of carbonyl (C=O) groups excluding carboxylic acids is 1. The van der Waals surface area contributed by atoms with Gasteiger partial charge < -0.3 is 9.42 Å². The summed E-state index contributed by atoms with van der Waals surface area (Å²) in [6.07, 6.45) is 1.85. The van der Waals surface area contributed by atoms with E-state index in [2.05, 4.69) is 16.3 Å². The van der Waals surface area contributed by atoms with Gasteiger partial charge in [0.2, 0.25) is 0 Å². The Kier molecular flexibility index (Phi) is 4.70. The zero-order valence-electron chi connectivity index (χ0n) is 16.8. The van der Waals surface area contributed by atoms with Crippen LogP contribution in [0.5, 0.6) is 0 Å². The van der Waals surface area contributed by atoms with Gasteiger partial charge in [0, 0.05) is 47.8 Å². The molecule has 5 rings (SSSR count). The lowest BCUT2D eigenvalue weighted by Crippen LogP contribution is -2.38. The van der Waals surface area contributed by atoms with Crippen LogP contribution < -0.4 is 0 Å². The van der Waals surface area contributed by atoms with Crippen molar-refractivity contribution in [2.45, 2.75) is 19.4 Å². The molecule has 0 fully saturated rings. The molecule has 0 N–H and O–H groups in total. The van der Waals surface area contributed by atoms with Crippen LogP contribution in [0.3, 0.4) is 0 Å². The molecule has 158 valence electrons. The van der Waals surface area contributed by atoms with Crippen molar-refractivity contribution in [1.82, 2.24) is 19.8 Å². The molecule has 1 aromatic carbocycles. The van der Waals surface area contributed by atoms with Crippen molar-refractivity contribution in [1.29, 1.82) is 0 Å². The number of nitrogens with zero attached hydrogens (tertiary/aromatic N) is 4. The van der Waals surface area contributed by atoms with Gasteiger partial charge in [-0.2, -0.15) is 5.10 Å². The van der Waals surface area contributed by atoms with Crippen molar-refractivity contribution in [2.24, 2.45) is 7.05 Å². The molecule has 1 aliphatic rings. The monoisotopic (exact) mass is 440 g/mol. The van der Waals surface area contributed by atoms with Crippen molar-refractivity contribution in [3.8, 4) is 11.3 Å². The summed E-state index contributed by atoms with van der Waals surface area (Å²) in [6, 6.07) is 6.66. The number of hydrogen-bond acceptors (Lipinski definition) is 5. The van der Waals surface area contributed by atoms with E-state index >= 15 is 0 Å². The predicted octanol–water partition coefficient (Wildman–Crippen LogP) is 4.51. The summed E-state index contributed by atoms with van der Waals surface area (Å²) < 4.78 is 34.3. The molecule has 1 aliphatic heterocycles. The number of thiophene rings is 1. The highest BCUT2D eigenvalue weighted by Gasteiger charge is 2.33. The van der Waals surface area contributed by atoms with Crippen LogP contribution in [-0.2, 0) is 13.6 Å². The Morgan fingerprint density at radius 3 is 2.81 bits per heavy atom. The maximum Gasteiger partial charge on any atom is 0.276 e. The van der Waals surface area contributed by atoms with E-state index in [9.17, 15) is 13.6 Å². The molecule has 3 aromatic heterocycles. The third-order valence-corrected chi connectivity index (χ3v) is 6.68. The molecular weight excluding hydrogens is 422 g/mol. The second-order valence-electron chi connectivity index (χ2n) is 7.55. The summed E-state index contributed by atoms with van der Waals surface area (Å²) in [5, 5.41) is 10.2. The molecule has 0 saturated heterocycles. The maximum atomic E-state index is 14.1. The fourth-order valence-corrected chi connectivity index (χ4v) is 4.93. The first-order chi connectivity index (χ1) is 14.9. The minimum Gasteiger partial charge on any atom is -0.355 e. The standard InChI is InChI=1S/C22H18F2N4O2S/c1-12-16(9-25-27(12)2)17-10-28(11-21-14(17)5-6-31-21)22(29)19-8-20(30-26-19)15-4-3-13(23)7-18(15)24/h3-9,17H,10-11H2,1-2H3. The van der Waals surface area contributed by atoms with E-state index in [0.717, 1.165) is 28.3 Å². The Hall–Kier alpha value is -3.33. The zero-order chi connectivity index (χ0) is 21.7. The average Bonchev–Trinajstić information content (AvgIpc) is 3.48. The first-order valence-corrected chi connectivity index (χ1v) is 10.6. The van der Waals surface area contributed by atoms with E-state index in [0.29, 0.717) is 13.1 Å². The second kappa shape index (κ2) is 7.42. The van der Waals surface area contributed by atoms with Gasteiger partial charge in [-0.05, 0) is 36.1 Å². The fourth-order valence-electron chi connectivity index (χ4n) is 3.98. The summed E-state index contributed by atoms with van der Waals surface area (Å²) >= 11 is 1.61. The number of rotatable bonds is 3. The first kappa shape index (κ1) is 19.6. The number of aromatic nitrogens is 3. The van der Waals surface area contributed by atoms with E-state index in [1.54, 1.807) is 16.2 Å². The number of carbonyl (C=O) groups is 1. The third-order valence-electron chi connectivity index (χ3n) is 5.75. The highest BCUT2D eigenvalue weighted by atomic mass is 32.1. The van der Waals surface area contributed by atoms with Crippen LogP contribution in [0, 0.1) is 18.6 Å². The van der Waals surface area contributed by atoms with E-state index < -0.39 is 11.6 Å². The lowest BCUT2D eigenvalue weighted by molar-refractivity contribution is 0.0717. The van der Waals surface area contributed by atoms with Crippen molar-refractivity contribution in [3.63, 3.8) is 0 Å². The van der Waals surface area contributed by atoms with Gasteiger partial charge in [-0.3, -0.25) is 9.48 Å². The molecular formula is C22H18F2N4O2S. The van der Waals surface area contributed by atoms with Gasteiger partial charge in [0.1, 0.15) is 11.6 Å². The molecule has 4 aromatic rings. The molecule has 9 heteroatoms. The predicted molar refractivity (Wildman–Crippen MR) is 111 cm³/mol. The van der Waals surface area contributed by atoms with Crippen molar-refractivity contribution < 1.29 is 18.1 Å². The van der Waals surface area contributed by atoms with E-state index in [-0.39, 0.29) is 28.8 Å². The molecule has 1 amide bonds. The van der Waals surface area contributed by atoms with Crippen LogP contribution in [-0.4, -0.2) is 32.3 Å². The minimum atomic E-state index is -0.775. The fraction of sp³-hybridized carbons (Fsp3) is 0.227. The molecule has 0 spiro atoms.